The minimum Gasteiger partial charge on any atom is -0.338 e. The molecule has 0 heterocycles. The van der Waals surface area contributed by atoms with Crippen molar-refractivity contribution in [3.63, 3.8) is 0 Å². The monoisotopic (exact) mass is 348 g/mol. The molecule has 0 N–H and O–H groups in total. The second-order valence-electron chi connectivity index (χ2n) is 4.32. The lowest BCUT2D eigenvalue weighted by Crippen LogP contribution is -2.35. The van der Waals surface area contributed by atoms with Crippen LogP contribution in [0, 0.1) is 11.3 Å². The number of hydrogen-bond acceptors (Lipinski definition) is 2. The minimum atomic E-state index is -4.51. The Labute approximate surface area is 123 Å². The molecule has 0 saturated heterocycles. The van der Waals surface area contributed by atoms with E-state index in [1.54, 1.807) is 6.92 Å². The van der Waals surface area contributed by atoms with E-state index < -0.39 is 17.6 Å². The fourth-order valence-corrected chi connectivity index (χ4v) is 1.94. The zero-order chi connectivity index (χ0) is 15.5. The number of nitrogens with zero attached hydrogens (tertiary/aromatic N) is 2. The molecule has 7 heteroatoms. The standard InChI is InChI=1S/C13H12BrF3N2O/c1-8(5-6-18)19(2)12(20)10-7-9(13(15,16)17)3-4-11(10)14/h3-4,7-8H,5H2,1-2H3. The molecule has 0 aliphatic carbocycles. The fraction of sp³-hybridized carbons (Fsp3) is 0.385. The Morgan fingerprint density at radius 3 is 2.60 bits per heavy atom. The van der Waals surface area contributed by atoms with E-state index in [-0.39, 0.29) is 22.5 Å². The van der Waals surface area contributed by atoms with Gasteiger partial charge in [0.15, 0.2) is 0 Å². The third-order valence-electron chi connectivity index (χ3n) is 2.89. The average molecular weight is 349 g/mol. The van der Waals surface area contributed by atoms with Crippen LogP contribution in [0.4, 0.5) is 13.2 Å². The summed E-state index contributed by atoms with van der Waals surface area (Å²) in [6.45, 7) is 1.66. The van der Waals surface area contributed by atoms with Crippen molar-refractivity contribution < 1.29 is 18.0 Å². The van der Waals surface area contributed by atoms with Crippen LogP contribution in [0.2, 0.25) is 0 Å². The molecule has 0 aliphatic heterocycles. The van der Waals surface area contributed by atoms with Crippen molar-refractivity contribution in [1.82, 2.24) is 4.90 Å². The van der Waals surface area contributed by atoms with Gasteiger partial charge in [0.05, 0.1) is 23.6 Å². The topological polar surface area (TPSA) is 44.1 Å². The van der Waals surface area contributed by atoms with Gasteiger partial charge in [-0.2, -0.15) is 18.4 Å². The van der Waals surface area contributed by atoms with Crippen LogP contribution in [-0.4, -0.2) is 23.9 Å². The van der Waals surface area contributed by atoms with Gasteiger partial charge >= 0.3 is 6.18 Å². The number of carbonyl (C=O) groups excluding carboxylic acids is 1. The van der Waals surface area contributed by atoms with Gasteiger partial charge in [-0.15, -0.1) is 0 Å². The Morgan fingerprint density at radius 2 is 2.10 bits per heavy atom. The van der Waals surface area contributed by atoms with Gasteiger partial charge in [-0.3, -0.25) is 4.79 Å². The van der Waals surface area contributed by atoms with Crippen molar-refractivity contribution in [1.29, 1.82) is 5.26 Å². The number of halogens is 4. The quantitative estimate of drug-likeness (QED) is 0.832. The number of nitriles is 1. The molecular weight excluding hydrogens is 337 g/mol. The van der Waals surface area contributed by atoms with E-state index in [4.69, 9.17) is 5.26 Å². The molecule has 0 spiro atoms. The first kappa shape index (κ1) is 16.5. The van der Waals surface area contributed by atoms with Crippen molar-refractivity contribution in [2.75, 3.05) is 7.05 Å². The van der Waals surface area contributed by atoms with Crippen molar-refractivity contribution in [2.45, 2.75) is 25.6 Å². The number of benzene rings is 1. The van der Waals surface area contributed by atoms with Crippen molar-refractivity contribution in [3.05, 3.63) is 33.8 Å². The van der Waals surface area contributed by atoms with Crippen molar-refractivity contribution in [2.24, 2.45) is 0 Å². The Morgan fingerprint density at radius 1 is 1.50 bits per heavy atom. The minimum absolute atomic E-state index is 0.0767. The van der Waals surface area contributed by atoms with Crippen LogP contribution in [0.25, 0.3) is 0 Å². The van der Waals surface area contributed by atoms with Gasteiger partial charge in [0, 0.05) is 17.6 Å². The lowest BCUT2D eigenvalue weighted by atomic mass is 10.1. The summed E-state index contributed by atoms with van der Waals surface area (Å²) < 4.78 is 38.3. The average Bonchev–Trinajstić information content (AvgIpc) is 2.36. The highest BCUT2D eigenvalue weighted by Gasteiger charge is 2.32. The SMILES string of the molecule is CC(CC#N)N(C)C(=O)c1cc(C(F)(F)F)ccc1Br. The number of amides is 1. The summed E-state index contributed by atoms with van der Waals surface area (Å²) in [6.07, 6.45) is -4.40. The molecular formula is C13H12BrF3N2O. The van der Waals surface area contributed by atoms with Gasteiger partial charge in [0.25, 0.3) is 5.91 Å². The van der Waals surface area contributed by atoms with Crippen LogP contribution in [0.5, 0.6) is 0 Å². The summed E-state index contributed by atoms with van der Waals surface area (Å²) in [5.41, 5.74) is -0.961. The lowest BCUT2D eigenvalue weighted by molar-refractivity contribution is -0.137. The maximum atomic E-state index is 12.7. The summed E-state index contributed by atoms with van der Waals surface area (Å²) in [6, 6.07) is 4.44. The molecule has 20 heavy (non-hydrogen) atoms. The summed E-state index contributed by atoms with van der Waals surface area (Å²) >= 11 is 3.07. The molecule has 0 aromatic heterocycles. The lowest BCUT2D eigenvalue weighted by Gasteiger charge is -2.24. The first-order valence-electron chi connectivity index (χ1n) is 5.69. The predicted octanol–water partition coefficient (Wildman–Crippen LogP) is 3.84. The molecule has 0 radical (unpaired) electrons. The number of rotatable bonds is 3. The molecule has 1 unspecified atom stereocenters. The van der Waals surface area contributed by atoms with E-state index in [9.17, 15) is 18.0 Å². The molecule has 3 nitrogen and oxygen atoms in total. The van der Waals surface area contributed by atoms with Crippen LogP contribution >= 0.6 is 15.9 Å². The molecule has 0 fully saturated rings. The highest BCUT2D eigenvalue weighted by molar-refractivity contribution is 9.10. The summed E-state index contributed by atoms with van der Waals surface area (Å²) in [5, 5.41) is 8.60. The van der Waals surface area contributed by atoms with Crippen molar-refractivity contribution >= 4 is 21.8 Å². The molecule has 0 bridgehead atoms. The molecule has 1 amide bonds. The second kappa shape index (κ2) is 6.27. The normalized spacial score (nSPS) is 12.7. The zero-order valence-corrected chi connectivity index (χ0v) is 12.4. The van der Waals surface area contributed by atoms with Crippen LogP contribution in [0.3, 0.4) is 0 Å². The zero-order valence-electron chi connectivity index (χ0n) is 10.8. The Balaban J connectivity index is 3.13. The largest absolute Gasteiger partial charge is 0.416 e. The van der Waals surface area contributed by atoms with Crippen LogP contribution in [0.15, 0.2) is 22.7 Å². The Kier molecular flexibility index (Phi) is 5.17. The van der Waals surface area contributed by atoms with E-state index in [1.807, 2.05) is 6.07 Å². The molecule has 0 saturated carbocycles. The number of alkyl halides is 3. The Bertz CT molecular complexity index is 552. The molecule has 1 rings (SSSR count). The van der Waals surface area contributed by atoms with E-state index in [0.717, 1.165) is 12.1 Å². The molecule has 1 aromatic carbocycles. The first-order valence-corrected chi connectivity index (χ1v) is 6.48. The van der Waals surface area contributed by atoms with Crippen LogP contribution < -0.4 is 0 Å². The van der Waals surface area contributed by atoms with Gasteiger partial charge in [-0.25, -0.2) is 0 Å². The van der Waals surface area contributed by atoms with E-state index in [0.29, 0.717) is 0 Å². The maximum Gasteiger partial charge on any atom is 0.416 e. The van der Waals surface area contributed by atoms with Crippen LogP contribution in [-0.2, 0) is 6.18 Å². The smallest absolute Gasteiger partial charge is 0.338 e. The number of carbonyl (C=O) groups is 1. The van der Waals surface area contributed by atoms with Gasteiger partial charge in [-0.05, 0) is 41.1 Å². The summed E-state index contributed by atoms with van der Waals surface area (Å²) in [5.74, 6) is -0.564. The number of hydrogen-bond donors (Lipinski definition) is 0. The van der Waals surface area contributed by atoms with E-state index in [2.05, 4.69) is 15.9 Å². The second-order valence-corrected chi connectivity index (χ2v) is 5.17. The maximum absolute atomic E-state index is 12.7. The fourth-order valence-electron chi connectivity index (χ4n) is 1.52. The van der Waals surface area contributed by atoms with Gasteiger partial charge in [0.2, 0.25) is 0 Å². The molecule has 0 aliphatic rings. The van der Waals surface area contributed by atoms with E-state index >= 15 is 0 Å². The third kappa shape index (κ3) is 3.73. The van der Waals surface area contributed by atoms with Crippen molar-refractivity contribution in [3.8, 4) is 6.07 Å². The first-order chi connectivity index (χ1) is 9.18. The summed E-state index contributed by atoms with van der Waals surface area (Å²) in [4.78, 5) is 13.4. The summed E-state index contributed by atoms with van der Waals surface area (Å²) in [7, 11) is 1.46. The van der Waals surface area contributed by atoms with Crippen LogP contribution in [0.1, 0.15) is 29.3 Å². The predicted molar refractivity (Wildman–Crippen MR) is 70.9 cm³/mol. The molecule has 108 valence electrons. The van der Waals surface area contributed by atoms with Gasteiger partial charge < -0.3 is 4.90 Å². The van der Waals surface area contributed by atoms with E-state index in [1.165, 1.54) is 18.0 Å². The molecule has 1 aromatic rings. The Hall–Kier alpha value is -1.55. The third-order valence-corrected chi connectivity index (χ3v) is 3.58. The highest BCUT2D eigenvalue weighted by Crippen LogP contribution is 2.32. The van der Waals surface area contributed by atoms with Gasteiger partial charge in [-0.1, -0.05) is 0 Å². The highest BCUT2D eigenvalue weighted by atomic mass is 79.9. The molecule has 1 atom stereocenters. The van der Waals surface area contributed by atoms with Gasteiger partial charge in [0.1, 0.15) is 0 Å².